The van der Waals surface area contributed by atoms with Gasteiger partial charge >= 0.3 is 0 Å². The highest BCUT2D eigenvalue weighted by Gasteiger charge is 1.99. The SMILES string of the molecule is CNc1nccc(-n2cncn2)n1. The van der Waals surface area contributed by atoms with Crippen LogP contribution in [0.25, 0.3) is 5.82 Å². The molecule has 0 atom stereocenters. The average molecular weight is 176 g/mol. The van der Waals surface area contributed by atoms with Gasteiger partial charge in [-0.1, -0.05) is 0 Å². The van der Waals surface area contributed by atoms with Crippen LogP contribution in [0.4, 0.5) is 5.95 Å². The number of hydrogen-bond donors (Lipinski definition) is 1. The molecule has 0 unspecified atom stereocenters. The molecule has 0 aromatic carbocycles. The van der Waals surface area contributed by atoms with E-state index in [0.29, 0.717) is 11.8 Å². The maximum atomic E-state index is 4.17. The van der Waals surface area contributed by atoms with Gasteiger partial charge in [0.05, 0.1) is 0 Å². The van der Waals surface area contributed by atoms with Gasteiger partial charge in [0.15, 0.2) is 5.82 Å². The molecule has 0 radical (unpaired) electrons. The van der Waals surface area contributed by atoms with Crippen LogP contribution in [-0.4, -0.2) is 31.8 Å². The van der Waals surface area contributed by atoms with Crippen molar-refractivity contribution in [1.82, 2.24) is 24.7 Å². The van der Waals surface area contributed by atoms with E-state index in [2.05, 4.69) is 25.4 Å². The first kappa shape index (κ1) is 7.66. The van der Waals surface area contributed by atoms with Crippen LogP contribution >= 0.6 is 0 Å². The highest BCUT2D eigenvalue weighted by Crippen LogP contribution is 2.02. The maximum Gasteiger partial charge on any atom is 0.224 e. The van der Waals surface area contributed by atoms with Crippen molar-refractivity contribution in [2.45, 2.75) is 0 Å². The molecular formula is C7H8N6. The molecule has 6 heteroatoms. The van der Waals surface area contributed by atoms with Crippen molar-refractivity contribution in [2.75, 3.05) is 12.4 Å². The van der Waals surface area contributed by atoms with Crippen LogP contribution < -0.4 is 5.32 Å². The Labute approximate surface area is 74.7 Å². The maximum absolute atomic E-state index is 4.17. The Hall–Kier alpha value is -1.98. The minimum atomic E-state index is 0.563. The molecule has 0 aliphatic heterocycles. The zero-order valence-corrected chi connectivity index (χ0v) is 7.05. The second-order valence-corrected chi connectivity index (χ2v) is 2.33. The topological polar surface area (TPSA) is 68.5 Å². The summed E-state index contributed by atoms with van der Waals surface area (Å²) >= 11 is 0. The first-order valence-electron chi connectivity index (χ1n) is 3.76. The second kappa shape index (κ2) is 3.18. The molecule has 1 N–H and O–H groups in total. The number of hydrogen-bond acceptors (Lipinski definition) is 5. The van der Waals surface area contributed by atoms with Gasteiger partial charge in [0.1, 0.15) is 12.7 Å². The van der Waals surface area contributed by atoms with Gasteiger partial charge in [-0.15, -0.1) is 0 Å². The van der Waals surface area contributed by atoms with Crippen molar-refractivity contribution in [3.63, 3.8) is 0 Å². The van der Waals surface area contributed by atoms with Gasteiger partial charge in [-0.3, -0.25) is 0 Å². The van der Waals surface area contributed by atoms with Crippen LogP contribution in [0.1, 0.15) is 0 Å². The Bertz CT molecular complexity index is 382. The van der Waals surface area contributed by atoms with Crippen LogP contribution in [-0.2, 0) is 0 Å². The summed E-state index contributed by atoms with van der Waals surface area (Å²) in [4.78, 5) is 12.0. The van der Waals surface area contributed by atoms with Crippen molar-refractivity contribution in [1.29, 1.82) is 0 Å². The number of anilines is 1. The van der Waals surface area contributed by atoms with E-state index in [1.54, 1.807) is 30.3 Å². The highest BCUT2D eigenvalue weighted by molar-refractivity contribution is 5.29. The van der Waals surface area contributed by atoms with Crippen molar-refractivity contribution in [2.24, 2.45) is 0 Å². The molecule has 0 amide bonds. The zero-order chi connectivity index (χ0) is 9.10. The summed E-state index contributed by atoms with van der Waals surface area (Å²) in [7, 11) is 1.76. The third-order valence-corrected chi connectivity index (χ3v) is 1.52. The Balaban J connectivity index is 2.41. The number of aromatic nitrogens is 5. The van der Waals surface area contributed by atoms with E-state index in [1.165, 1.54) is 6.33 Å². The summed E-state index contributed by atoms with van der Waals surface area (Å²) in [5.74, 6) is 1.25. The molecule has 13 heavy (non-hydrogen) atoms. The van der Waals surface area contributed by atoms with Crippen molar-refractivity contribution < 1.29 is 0 Å². The largest absolute Gasteiger partial charge is 0.357 e. The monoisotopic (exact) mass is 176 g/mol. The average Bonchev–Trinajstić information content (AvgIpc) is 2.71. The summed E-state index contributed by atoms with van der Waals surface area (Å²) in [6.07, 6.45) is 4.71. The first-order valence-corrected chi connectivity index (χ1v) is 3.76. The fraction of sp³-hybridized carbons (Fsp3) is 0.143. The predicted molar refractivity (Wildman–Crippen MR) is 46.5 cm³/mol. The Morgan fingerprint density at radius 2 is 2.38 bits per heavy atom. The van der Waals surface area contributed by atoms with Crippen molar-refractivity contribution >= 4 is 5.95 Å². The predicted octanol–water partition coefficient (Wildman–Crippen LogP) is 0.0990. The molecule has 2 heterocycles. The van der Waals surface area contributed by atoms with E-state index in [9.17, 15) is 0 Å². The lowest BCUT2D eigenvalue weighted by molar-refractivity contribution is 0.839. The fourth-order valence-electron chi connectivity index (χ4n) is 0.924. The summed E-state index contributed by atoms with van der Waals surface area (Å²) in [6, 6.07) is 1.76. The molecule has 0 bridgehead atoms. The van der Waals surface area contributed by atoms with Crippen LogP contribution in [0, 0.1) is 0 Å². The molecule has 2 rings (SSSR count). The van der Waals surface area contributed by atoms with Gasteiger partial charge in [-0.05, 0) is 0 Å². The molecule has 2 aromatic heterocycles. The first-order chi connectivity index (χ1) is 6.40. The van der Waals surface area contributed by atoms with Crippen LogP contribution in [0.3, 0.4) is 0 Å². The lowest BCUT2D eigenvalue weighted by Crippen LogP contribution is -2.02. The molecular weight excluding hydrogens is 168 g/mol. The summed E-state index contributed by atoms with van der Waals surface area (Å²) in [5, 5.41) is 6.79. The summed E-state index contributed by atoms with van der Waals surface area (Å²) < 4.78 is 1.57. The summed E-state index contributed by atoms with van der Waals surface area (Å²) in [5.41, 5.74) is 0. The van der Waals surface area contributed by atoms with Gasteiger partial charge < -0.3 is 5.32 Å². The zero-order valence-electron chi connectivity index (χ0n) is 7.05. The highest BCUT2D eigenvalue weighted by atomic mass is 15.3. The third kappa shape index (κ3) is 1.46. The van der Waals surface area contributed by atoms with E-state index in [1.807, 2.05) is 0 Å². The van der Waals surface area contributed by atoms with Crippen LogP contribution in [0.15, 0.2) is 24.9 Å². The number of rotatable bonds is 2. The summed E-state index contributed by atoms with van der Waals surface area (Å²) in [6.45, 7) is 0. The van der Waals surface area contributed by atoms with Crippen molar-refractivity contribution in [3.8, 4) is 5.82 Å². The van der Waals surface area contributed by atoms with Gasteiger partial charge in [-0.25, -0.2) is 14.6 Å². The molecule has 66 valence electrons. The molecule has 0 aliphatic carbocycles. The molecule has 0 saturated heterocycles. The minimum absolute atomic E-state index is 0.563. The van der Waals surface area contributed by atoms with E-state index in [0.717, 1.165) is 0 Å². The van der Waals surface area contributed by atoms with Crippen molar-refractivity contribution in [3.05, 3.63) is 24.9 Å². The standard InChI is InChI=1S/C7H8N6/c1-8-7-10-3-2-6(12-7)13-5-9-4-11-13/h2-5H,1H3,(H,8,10,12). The molecule has 0 aliphatic rings. The molecule has 0 spiro atoms. The number of nitrogens with one attached hydrogen (secondary N) is 1. The van der Waals surface area contributed by atoms with Crippen LogP contribution in [0.5, 0.6) is 0 Å². The fourth-order valence-corrected chi connectivity index (χ4v) is 0.924. The lowest BCUT2D eigenvalue weighted by atomic mass is 10.6. The Morgan fingerprint density at radius 1 is 1.46 bits per heavy atom. The van der Waals surface area contributed by atoms with Gasteiger partial charge in [0.25, 0.3) is 0 Å². The quantitative estimate of drug-likeness (QED) is 0.702. The lowest BCUT2D eigenvalue weighted by Gasteiger charge is -2.00. The third-order valence-electron chi connectivity index (χ3n) is 1.52. The Kier molecular flexibility index (Phi) is 1.87. The normalized spacial score (nSPS) is 9.92. The van der Waals surface area contributed by atoms with Crippen LogP contribution in [0.2, 0.25) is 0 Å². The molecule has 0 saturated carbocycles. The van der Waals surface area contributed by atoms with Gasteiger partial charge in [-0.2, -0.15) is 10.1 Å². The van der Waals surface area contributed by atoms with Gasteiger partial charge in [0, 0.05) is 19.3 Å². The van der Waals surface area contributed by atoms with Gasteiger partial charge in [0.2, 0.25) is 5.95 Å². The molecule has 2 aromatic rings. The molecule has 6 nitrogen and oxygen atoms in total. The van der Waals surface area contributed by atoms with E-state index in [-0.39, 0.29) is 0 Å². The smallest absolute Gasteiger partial charge is 0.224 e. The Morgan fingerprint density at radius 3 is 3.08 bits per heavy atom. The molecule has 0 fully saturated rings. The number of nitrogens with zero attached hydrogens (tertiary/aromatic N) is 5. The second-order valence-electron chi connectivity index (χ2n) is 2.33. The van der Waals surface area contributed by atoms with E-state index in [4.69, 9.17) is 0 Å². The minimum Gasteiger partial charge on any atom is -0.357 e. The van der Waals surface area contributed by atoms with E-state index >= 15 is 0 Å². The van der Waals surface area contributed by atoms with E-state index < -0.39 is 0 Å².